The van der Waals surface area contributed by atoms with Crippen molar-refractivity contribution < 1.29 is 37.9 Å². The number of hydrogen-bond donors (Lipinski definition) is 1. The first-order valence-corrected chi connectivity index (χ1v) is 15.2. The summed E-state index contributed by atoms with van der Waals surface area (Å²) in [6.07, 6.45) is 1.96. The summed E-state index contributed by atoms with van der Waals surface area (Å²) >= 11 is 6.02. The first-order chi connectivity index (χ1) is 21.9. The maximum atomic E-state index is 14.9. The Balaban J connectivity index is 1.36. The second-order valence-corrected chi connectivity index (χ2v) is 13.0. The average Bonchev–Trinajstić information content (AvgIpc) is 3.40. The van der Waals surface area contributed by atoms with Gasteiger partial charge in [0.1, 0.15) is 5.82 Å². The van der Waals surface area contributed by atoms with E-state index in [1.807, 2.05) is 0 Å². The van der Waals surface area contributed by atoms with Gasteiger partial charge in [-0.05, 0) is 81.1 Å². The number of amides is 4. The van der Waals surface area contributed by atoms with E-state index in [-0.39, 0.29) is 34.9 Å². The molecule has 0 bridgehead atoms. The van der Waals surface area contributed by atoms with Crippen molar-refractivity contribution in [2.24, 2.45) is 29.1 Å². The van der Waals surface area contributed by atoms with E-state index in [9.17, 15) is 37.9 Å². The smallest absolute Gasteiger partial charge is 0.241 e. The lowest BCUT2D eigenvalue weighted by atomic mass is 9.51. The van der Waals surface area contributed by atoms with Crippen LogP contribution in [0.5, 0.6) is 5.75 Å². The molecule has 3 aromatic rings. The second kappa shape index (κ2) is 10.4. The molecule has 8 nitrogen and oxygen atoms in total. The molecule has 3 aromatic carbocycles. The van der Waals surface area contributed by atoms with Crippen molar-refractivity contribution in [1.29, 1.82) is 0 Å². The molecule has 46 heavy (non-hydrogen) atoms. The number of hydrogen-bond acceptors (Lipinski definition) is 6. The first kappa shape index (κ1) is 30.0. The van der Waals surface area contributed by atoms with Crippen LogP contribution >= 0.6 is 11.6 Å². The number of carbonyl (C=O) groups excluding carboxylic acids is 5. The van der Waals surface area contributed by atoms with E-state index in [0.29, 0.717) is 16.8 Å². The lowest BCUT2D eigenvalue weighted by Crippen LogP contribution is -2.49. The summed E-state index contributed by atoms with van der Waals surface area (Å²) in [5.74, 6) is -9.05. The zero-order valence-electron chi connectivity index (χ0n) is 24.7. The van der Waals surface area contributed by atoms with Crippen molar-refractivity contribution >= 4 is 52.4 Å². The van der Waals surface area contributed by atoms with Gasteiger partial charge in [-0.15, -0.1) is 0 Å². The van der Waals surface area contributed by atoms with E-state index >= 15 is 0 Å². The number of para-hydroxylation sites is 1. The fourth-order valence-electron chi connectivity index (χ4n) is 8.09. The zero-order valence-corrected chi connectivity index (χ0v) is 25.4. The average molecular weight is 645 g/mol. The molecule has 234 valence electrons. The van der Waals surface area contributed by atoms with Crippen molar-refractivity contribution in [3.05, 3.63) is 100 Å². The Morgan fingerprint density at radius 3 is 2.26 bits per heavy atom. The minimum Gasteiger partial charge on any atom is -0.505 e. The van der Waals surface area contributed by atoms with Gasteiger partial charge in [-0.1, -0.05) is 35.4 Å². The third kappa shape index (κ3) is 4.05. The Morgan fingerprint density at radius 1 is 0.891 bits per heavy atom. The van der Waals surface area contributed by atoms with Crippen LogP contribution in [-0.2, 0) is 19.2 Å². The van der Waals surface area contributed by atoms with E-state index < -0.39 is 76.0 Å². The van der Waals surface area contributed by atoms with Crippen LogP contribution in [0, 0.1) is 40.7 Å². The molecule has 6 unspecified atom stereocenters. The Morgan fingerprint density at radius 2 is 1.59 bits per heavy atom. The third-order valence-electron chi connectivity index (χ3n) is 10.3. The lowest BCUT2D eigenvalue weighted by Gasteiger charge is -2.49. The largest absolute Gasteiger partial charge is 0.505 e. The van der Waals surface area contributed by atoms with Gasteiger partial charge in [0.2, 0.25) is 23.6 Å². The molecule has 11 heteroatoms. The molecule has 2 heterocycles. The normalized spacial score (nSPS) is 28.6. The molecule has 2 saturated heterocycles. The van der Waals surface area contributed by atoms with Crippen LogP contribution < -0.4 is 9.80 Å². The van der Waals surface area contributed by atoms with E-state index in [1.54, 1.807) is 13.0 Å². The van der Waals surface area contributed by atoms with E-state index in [1.165, 1.54) is 55.5 Å². The highest BCUT2D eigenvalue weighted by Crippen LogP contribution is 2.64. The Labute approximate surface area is 267 Å². The minimum atomic E-state index is -1.54. The number of imide groups is 2. The van der Waals surface area contributed by atoms with Crippen molar-refractivity contribution in [2.75, 3.05) is 9.80 Å². The number of Topliss-reactive ketones (excluding diaryl/α,β-unsaturated/α-hetero) is 1. The summed E-state index contributed by atoms with van der Waals surface area (Å²) in [6, 6.07) is 13.6. The summed E-state index contributed by atoms with van der Waals surface area (Å²) in [6.45, 7) is 3.00. The van der Waals surface area contributed by atoms with Crippen molar-refractivity contribution in [2.45, 2.75) is 32.6 Å². The van der Waals surface area contributed by atoms with Crippen LogP contribution in [0.3, 0.4) is 0 Å². The molecule has 0 aromatic heterocycles. The number of phenols is 1. The van der Waals surface area contributed by atoms with Gasteiger partial charge in [0, 0.05) is 17.0 Å². The van der Waals surface area contributed by atoms with Crippen LogP contribution in [0.2, 0.25) is 5.02 Å². The fraction of sp³-hybridized carbons (Fsp3) is 0.286. The van der Waals surface area contributed by atoms with Gasteiger partial charge in [-0.25, -0.2) is 13.7 Å². The molecule has 4 aliphatic rings. The molecule has 2 aliphatic heterocycles. The molecule has 7 rings (SSSR count). The predicted octanol–water partition coefficient (Wildman–Crippen LogP) is 5.96. The number of aromatic hydroxyl groups is 1. The summed E-state index contributed by atoms with van der Waals surface area (Å²) in [7, 11) is 0. The number of nitrogens with zero attached hydrogens (tertiary/aromatic N) is 2. The molecule has 2 aliphatic carbocycles. The van der Waals surface area contributed by atoms with Crippen LogP contribution in [0.25, 0.3) is 0 Å². The van der Waals surface area contributed by atoms with Gasteiger partial charge in [-0.3, -0.25) is 28.9 Å². The quantitative estimate of drug-likeness (QED) is 0.213. The molecule has 0 spiro atoms. The van der Waals surface area contributed by atoms with Crippen molar-refractivity contribution in [1.82, 2.24) is 0 Å². The van der Waals surface area contributed by atoms with Crippen LogP contribution in [0.1, 0.15) is 48.5 Å². The molecular formula is C35H27ClF2N2O6. The molecule has 1 N–H and O–H groups in total. The van der Waals surface area contributed by atoms with Crippen molar-refractivity contribution in [3.63, 3.8) is 0 Å². The number of fused-ring (bicyclic) bond motifs is 4. The van der Waals surface area contributed by atoms with Crippen LogP contribution in [0.15, 0.2) is 72.3 Å². The highest BCUT2D eigenvalue weighted by Gasteiger charge is 2.68. The summed E-state index contributed by atoms with van der Waals surface area (Å²) in [5, 5.41) is 10.7. The lowest BCUT2D eigenvalue weighted by molar-refractivity contribution is -0.131. The monoisotopic (exact) mass is 644 g/mol. The summed E-state index contributed by atoms with van der Waals surface area (Å²) < 4.78 is 28.9. The molecular weight excluding hydrogens is 618 g/mol. The summed E-state index contributed by atoms with van der Waals surface area (Å²) in [5.41, 5.74) is -0.105. The van der Waals surface area contributed by atoms with E-state index in [0.717, 1.165) is 21.9 Å². The number of rotatable bonds is 4. The maximum absolute atomic E-state index is 14.9. The highest BCUT2D eigenvalue weighted by molar-refractivity contribution is 6.32. The molecule has 6 atom stereocenters. The first-order valence-electron chi connectivity index (χ1n) is 14.9. The van der Waals surface area contributed by atoms with Gasteiger partial charge >= 0.3 is 0 Å². The van der Waals surface area contributed by atoms with Gasteiger partial charge in [-0.2, -0.15) is 0 Å². The number of ketones is 1. The molecule has 0 radical (unpaired) electrons. The van der Waals surface area contributed by atoms with Crippen molar-refractivity contribution in [3.8, 4) is 5.75 Å². The van der Waals surface area contributed by atoms with E-state index in [2.05, 4.69) is 0 Å². The number of phenolic OH excluding ortho intramolecular Hbond substituents is 1. The van der Waals surface area contributed by atoms with Gasteiger partial charge in [0.15, 0.2) is 17.3 Å². The minimum absolute atomic E-state index is 0.0300. The SMILES string of the molecule is CC(=O)c1ccc(N2C(=O)C3CC=C4C(CC5C(=O)N(c6ccc(F)c(Cl)c6)C(=O)C5(C)C4c4cccc(F)c4O)C3C2=O)cc1. The number of carbonyl (C=O) groups is 5. The number of benzene rings is 3. The Bertz CT molecular complexity index is 1930. The van der Waals surface area contributed by atoms with Gasteiger partial charge < -0.3 is 5.11 Å². The van der Waals surface area contributed by atoms with Crippen LogP contribution in [0.4, 0.5) is 20.2 Å². The molecule has 1 saturated carbocycles. The number of halogens is 3. The highest BCUT2D eigenvalue weighted by atomic mass is 35.5. The Kier molecular flexibility index (Phi) is 6.79. The molecule has 3 fully saturated rings. The molecule has 4 amide bonds. The topological polar surface area (TPSA) is 112 Å². The summed E-state index contributed by atoms with van der Waals surface area (Å²) in [4.78, 5) is 70.3. The maximum Gasteiger partial charge on any atom is 0.241 e. The third-order valence-corrected chi connectivity index (χ3v) is 10.6. The van der Waals surface area contributed by atoms with Gasteiger partial charge in [0.25, 0.3) is 0 Å². The number of anilines is 2. The predicted molar refractivity (Wildman–Crippen MR) is 163 cm³/mol. The zero-order chi connectivity index (χ0) is 32.8. The number of allylic oxidation sites excluding steroid dienone is 2. The second-order valence-electron chi connectivity index (χ2n) is 12.6. The Hall–Kier alpha value is -4.70. The van der Waals surface area contributed by atoms with E-state index in [4.69, 9.17) is 11.6 Å². The van der Waals surface area contributed by atoms with Crippen LogP contribution in [-0.4, -0.2) is 34.5 Å². The standard InChI is InChI=1S/C35H27ClF2N2O6/c1-16(41)17-6-8-18(9-7-17)39-31(43)21-12-11-20-23(28(21)33(39)45)15-24-32(44)40(19-10-13-26(37)25(36)14-19)34(46)35(24,2)29(20)22-4-3-5-27(38)30(22)42/h3-11,13-14,21,23-24,28-29,42H,12,15H2,1-2H3. The van der Waals surface area contributed by atoms with Gasteiger partial charge in [0.05, 0.1) is 39.6 Å². The fourth-order valence-corrected chi connectivity index (χ4v) is 8.27.